The molecule has 1 aromatic carbocycles. The Morgan fingerprint density at radius 2 is 2.14 bits per heavy atom. The van der Waals surface area contributed by atoms with Crippen molar-refractivity contribution in [1.29, 1.82) is 0 Å². The molecule has 0 aliphatic carbocycles. The monoisotopic (exact) mass is 189 g/mol. The molecule has 2 aromatic rings. The molecule has 0 atom stereocenters. The van der Waals surface area contributed by atoms with Gasteiger partial charge >= 0.3 is 0 Å². The number of fused-ring (bicyclic) bond motifs is 1. The number of aromatic amines is 1. The van der Waals surface area contributed by atoms with Crippen LogP contribution in [0.2, 0.25) is 0 Å². The number of pyridine rings is 1. The van der Waals surface area contributed by atoms with Crippen LogP contribution in [0.15, 0.2) is 29.2 Å². The molecule has 1 aromatic heterocycles. The number of rotatable bonds is 1. The molecule has 0 unspecified atom stereocenters. The third-order valence-electron chi connectivity index (χ3n) is 2.20. The highest BCUT2D eigenvalue weighted by atomic mass is 16.5. The summed E-state index contributed by atoms with van der Waals surface area (Å²) in [6.45, 7) is 1.98. The van der Waals surface area contributed by atoms with Crippen molar-refractivity contribution in [3.8, 4) is 5.75 Å². The van der Waals surface area contributed by atoms with Gasteiger partial charge in [0.05, 0.1) is 12.5 Å². The van der Waals surface area contributed by atoms with Gasteiger partial charge < -0.3 is 9.72 Å². The zero-order valence-corrected chi connectivity index (χ0v) is 8.13. The van der Waals surface area contributed by atoms with Crippen LogP contribution in [-0.4, -0.2) is 12.1 Å². The predicted molar refractivity (Wildman–Crippen MR) is 55.9 cm³/mol. The Kier molecular flexibility index (Phi) is 2.00. The van der Waals surface area contributed by atoms with Crippen molar-refractivity contribution in [2.24, 2.45) is 0 Å². The predicted octanol–water partition coefficient (Wildman–Crippen LogP) is 1.85. The summed E-state index contributed by atoms with van der Waals surface area (Å²) in [4.78, 5) is 14.2. The highest BCUT2D eigenvalue weighted by Gasteiger charge is 2.05. The Morgan fingerprint density at radius 1 is 1.36 bits per heavy atom. The molecule has 0 bridgehead atoms. The van der Waals surface area contributed by atoms with Crippen molar-refractivity contribution < 1.29 is 4.74 Å². The number of benzene rings is 1. The van der Waals surface area contributed by atoms with Crippen molar-refractivity contribution in [3.05, 3.63) is 40.3 Å². The van der Waals surface area contributed by atoms with Gasteiger partial charge in [-0.15, -0.1) is 0 Å². The minimum absolute atomic E-state index is 0.112. The van der Waals surface area contributed by atoms with E-state index in [1.807, 2.05) is 25.1 Å². The molecule has 2 rings (SSSR count). The van der Waals surface area contributed by atoms with Gasteiger partial charge in [-0.1, -0.05) is 6.07 Å². The van der Waals surface area contributed by atoms with Gasteiger partial charge in [-0.05, 0) is 30.0 Å². The van der Waals surface area contributed by atoms with Gasteiger partial charge in [0, 0.05) is 6.20 Å². The molecule has 0 fully saturated rings. The Morgan fingerprint density at radius 3 is 2.86 bits per heavy atom. The maximum Gasteiger partial charge on any atom is 0.259 e. The number of methoxy groups -OCH3 is 1. The number of H-pyrrole nitrogens is 1. The molecular formula is C11H11NO2. The normalized spacial score (nSPS) is 10.4. The first-order valence-electron chi connectivity index (χ1n) is 4.38. The molecule has 14 heavy (non-hydrogen) atoms. The fourth-order valence-corrected chi connectivity index (χ4v) is 1.60. The summed E-state index contributed by atoms with van der Waals surface area (Å²) >= 11 is 0. The van der Waals surface area contributed by atoms with Crippen LogP contribution in [0.5, 0.6) is 5.75 Å². The topological polar surface area (TPSA) is 42.1 Å². The maximum absolute atomic E-state index is 11.5. The van der Waals surface area contributed by atoms with E-state index in [1.54, 1.807) is 13.3 Å². The summed E-state index contributed by atoms with van der Waals surface area (Å²) in [6.07, 6.45) is 1.64. The summed E-state index contributed by atoms with van der Waals surface area (Å²) in [5.41, 5.74) is 0.972. The lowest BCUT2D eigenvalue weighted by atomic mass is 10.1. The molecule has 0 amide bonds. The van der Waals surface area contributed by atoms with Crippen molar-refractivity contribution in [2.45, 2.75) is 6.92 Å². The molecule has 1 N–H and O–H groups in total. The van der Waals surface area contributed by atoms with E-state index < -0.39 is 0 Å². The lowest BCUT2D eigenvalue weighted by Gasteiger charge is -2.05. The summed E-state index contributed by atoms with van der Waals surface area (Å²) in [7, 11) is 1.57. The van der Waals surface area contributed by atoms with Gasteiger partial charge in [-0.3, -0.25) is 4.79 Å². The highest BCUT2D eigenvalue weighted by Crippen LogP contribution is 2.23. The van der Waals surface area contributed by atoms with E-state index in [9.17, 15) is 4.79 Å². The second kappa shape index (κ2) is 3.18. The summed E-state index contributed by atoms with van der Waals surface area (Å²) in [5.74, 6) is 0.627. The van der Waals surface area contributed by atoms with E-state index in [4.69, 9.17) is 4.74 Å². The van der Waals surface area contributed by atoms with Crippen LogP contribution >= 0.6 is 0 Å². The van der Waals surface area contributed by atoms with E-state index in [0.29, 0.717) is 11.1 Å². The fourth-order valence-electron chi connectivity index (χ4n) is 1.60. The van der Waals surface area contributed by atoms with E-state index in [1.165, 1.54) is 0 Å². The second-order valence-electron chi connectivity index (χ2n) is 3.24. The minimum Gasteiger partial charge on any atom is -0.496 e. The van der Waals surface area contributed by atoms with Gasteiger partial charge in [-0.25, -0.2) is 0 Å². The van der Waals surface area contributed by atoms with Crippen LogP contribution in [0, 0.1) is 6.92 Å². The van der Waals surface area contributed by atoms with Gasteiger partial charge in [-0.2, -0.15) is 0 Å². The average Bonchev–Trinajstić information content (AvgIpc) is 2.16. The highest BCUT2D eigenvalue weighted by molar-refractivity contribution is 5.87. The first-order valence-corrected chi connectivity index (χ1v) is 4.38. The third-order valence-corrected chi connectivity index (χ3v) is 2.20. The first kappa shape index (κ1) is 8.81. The van der Waals surface area contributed by atoms with Crippen LogP contribution in [0.1, 0.15) is 5.56 Å². The van der Waals surface area contributed by atoms with Gasteiger partial charge in [0.2, 0.25) is 0 Å². The standard InChI is InChI=1S/C11H11NO2/c1-7-5-8-3-4-12-11(13)10(8)9(6-7)14-2/h3-6H,1-2H3,(H,12,13). The van der Waals surface area contributed by atoms with E-state index in [2.05, 4.69) is 4.98 Å². The molecule has 0 aliphatic heterocycles. The van der Waals surface area contributed by atoms with Crippen LogP contribution < -0.4 is 10.3 Å². The Hall–Kier alpha value is -1.77. The Bertz CT molecular complexity index is 528. The largest absolute Gasteiger partial charge is 0.496 e. The number of ether oxygens (including phenoxy) is 1. The van der Waals surface area contributed by atoms with Crippen LogP contribution in [-0.2, 0) is 0 Å². The quantitative estimate of drug-likeness (QED) is 0.743. The maximum atomic E-state index is 11.5. The molecule has 72 valence electrons. The summed E-state index contributed by atoms with van der Waals surface area (Å²) in [6, 6.07) is 5.69. The van der Waals surface area contributed by atoms with Crippen LogP contribution in [0.25, 0.3) is 10.8 Å². The zero-order chi connectivity index (χ0) is 10.1. The number of aromatic nitrogens is 1. The number of nitrogens with one attached hydrogen (secondary N) is 1. The number of hydrogen-bond donors (Lipinski definition) is 1. The minimum atomic E-state index is -0.112. The van der Waals surface area contributed by atoms with E-state index >= 15 is 0 Å². The van der Waals surface area contributed by atoms with Crippen molar-refractivity contribution >= 4 is 10.8 Å². The number of hydrogen-bond acceptors (Lipinski definition) is 2. The Labute approximate surface area is 81.3 Å². The molecular weight excluding hydrogens is 178 g/mol. The van der Waals surface area contributed by atoms with E-state index in [0.717, 1.165) is 10.9 Å². The van der Waals surface area contributed by atoms with Crippen molar-refractivity contribution in [3.63, 3.8) is 0 Å². The van der Waals surface area contributed by atoms with Gasteiger partial charge in [0.25, 0.3) is 5.56 Å². The average molecular weight is 189 g/mol. The third kappa shape index (κ3) is 1.27. The summed E-state index contributed by atoms with van der Waals surface area (Å²) < 4.78 is 5.17. The SMILES string of the molecule is COc1cc(C)cc2cc[nH]c(=O)c12. The van der Waals surface area contributed by atoms with Gasteiger partial charge in [0.1, 0.15) is 5.75 Å². The molecule has 0 spiro atoms. The van der Waals surface area contributed by atoms with Crippen molar-refractivity contribution in [1.82, 2.24) is 4.98 Å². The lowest BCUT2D eigenvalue weighted by molar-refractivity contribution is 0.419. The molecule has 0 saturated carbocycles. The molecule has 0 aliphatic rings. The Balaban J connectivity index is 2.96. The van der Waals surface area contributed by atoms with Crippen LogP contribution in [0.3, 0.4) is 0 Å². The van der Waals surface area contributed by atoms with Crippen molar-refractivity contribution in [2.75, 3.05) is 7.11 Å². The molecule has 3 heteroatoms. The van der Waals surface area contributed by atoms with Gasteiger partial charge in [0.15, 0.2) is 0 Å². The number of aryl methyl sites for hydroxylation is 1. The smallest absolute Gasteiger partial charge is 0.259 e. The fraction of sp³-hybridized carbons (Fsp3) is 0.182. The molecule has 3 nitrogen and oxygen atoms in total. The lowest BCUT2D eigenvalue weighted by Crippen LogP contribution is -2.06. The summed E-state index contributed by atoms with van der Waals surface area (Å²) in [5, 5.41) is 1.52. The molecule has 0 saturated heterocycles. The second-order valence-corrected chi connectivity index (χ2v) is 3.24. The van der Waals surface area contributed by atoms with E-state index in [-0.39, 0.29) is 5.56 Å². The zero-order valence-electron chi connectivity index (χ0n) is 8.13. The molecule has 0 radical (unpaired) electrons. The molecule has 1 heterocycles. The van der Waals surface area contributed by atoms with Crippen LogP contribution in [0.4, 0.5) is 0 Å². The first-order chi connectivity index (χ1) is 6.72.